The molecule has 0 aliphatic carbocycles. The van der Waals surface area contributed by atoms with E-state index in [9.17, 15) is 9.59 Å². The molecule has 1 unspecified atom stereocenters. The van der Waals surface area contributed by atoms with Crippen LogP contribution < -0.4 is 29.6 Å². The molecule has 0 aliphatic rings. The van der Waals surface area contributed by atoms with Gasteiger partial charge in [0.15, 0.2) is 23.0 Å². The lowest BCUT2D eigenvalue weighted by Crippen LogP contribution is -2.43. The molecule has 180 valence electrons. The minimum absolute atomic E-state index is 0.214. The van der Waals surface area contributed by atoms with Gasteiger partial charge < -0.3 is 29.6 Å². The molecule has 8 nitrogen and oxygen atoms in total. The number of rotatable bonds is 11. The largest absolute Gasteiger partial charge is 0.493 e. The molecule has 0 spiro atoms. The number of benzene rings is 2. The van der Waals surface area contributed by atoms with Crippen molar-refractivity contribution in [1.29, 1.82) is 0 Å². The van der Waals surface area contributed by atoms with Gasteiger partial charge in [0.05, 0.1) is 38.5 Å². The van der Waals surface area contributed by atoms with E-state index in [1.165, 1.54) is 40.6 Å². The molecule has 0 fully saturated rings. The van der Waals surface area contributed by atoms with Gasteiger partial charge in [-0.05, 0) is 30.7 Å². The highest BCUT2D eigenvalue weighted by atomic mass is 35.5. The minimum Gasteiger partial charge on any atom is -0.493 e. The topological polar surface area (TPSA) is 95.1 Å². The van der Waals surface area contributed by atoms with Crippen molar-refractivity contribution in [3.05, 3.63) is 45.4 Å². The Morgan fingerprint density at radius 2 is 1.30 bits per heavy atom. The standard InChI is InChI=1S/C23H28Cl2N2O6/c1-6-7-15(27-23(29)14-9-17(25)21(33-5)19(11-14)31-3)12-26-22(28)13-8-16(24)20(32-4)18(10-13)30-2/h8-11,15H,6-7,12H2,1-5H3,(H,26,28)(H,27,29). The number of carbonyl (C=O) groups is 2. The van der Waals surface area contributed by atoms with E-state index >= 15 is 0 Å². The van der Waals surface area contributed by atoms with Gasteiger partial charge in [0.2, 0.25) is 0 Å². The average molecular weight is 499 g/mol. The second-order valence-electron chi connectivity index (χ2n) is 7.06. The van der Waals surface area contributed by atoms with Crippen molar-refractivity contribution in [2.45, 2.75) is 25.8 Å². The predicted molar refractivity (Wildman–Crippen MR) is 128 cm³/mol. The molecule has 33 heavy (non-hydrogen) atoms. The number of hydrogen-bond donors (Lipinski definition) is 2. The Kier molecular flexibility index (Phi) is 9.94. The third kappa shape index (κ3) is 6.58. The summed E-state index contributed by atoms with van der Waals surface area (Å²) in [4.78, 5) is 25.5. The molecule has 2 aromatic carbocycles. The van der Waals surface area contributed by atoms with E-state index in [1.807, 2.05) is 6.92 Å². The molecular weight excluding hydrogens is 471 g/mol. The lowest BCUT2D eigenvalue weighted by atomic mass is 10.1. The lowest BCUT2D eigenvalue weighted by Gasteiger charge is -2.20. The third-order valence-electron chi connectivity index (χ3n) is 4.87. The van der Waals surface area contributed by atoms with Gasteiger partial charge in [-0.3, -0.25) is 9.59 Å². The van der Waals surface area contributed by atoms with Gasteiger partial charge >= 0.3 is 0 Å². The summed E-state index contributed by atoms with van der Waals surface area (Å²) in [5, 5.41) is 6.27. The minimum atomic E-state index is -0.359. The maximum atomic E-state index is 12.8. The molecule has 10 heteroatoms. The van der Waals surface area contributed by atoms with Crippen molar-refractivity contribution in [2.75, 3.05) is 35.0 Å². The van der Waals surface area contributed by atoms with E-state index in [1.54, 1.807) is 12.1 Å². The van der Waals surface area contributed by atoms with Gasteiger partial charge in [0, 0.05) is 23.7 Å². The van der Waals surface area contributed by atoms with Crippen LogP contribution in [0, 0.1) is 0 Å². The normalized spacial score (nSPS) is 11.4. The quantitative estimate of drug-likeness (QED) is 0.477. The van der Waals surface area contributed by atoms with E-state index < -0.39 is 0 Å². The van der Waals surface area contributed by atoms with Crippen molar-refractivity contribution in [3.63, 3.8) is 0 Å². The van der Waals surface area contributed by atoms with Gasteiger partial charge in [0.25, 0.3) is 11.8 Å². The number of carbonyl (C=O) groups excluding carboxylic acids is 2. The monoisotopic (exact) mass is 498 g/mol. The van der Waals surface area contributed by atoms with Crippen LogP contribution >= 0.6 is 23.2 Å². The molecule has 2 N–H and O–H groups in total. The van der Waals surface area contributed by atoms with E-state index in [0.29, 0.717) is 40.5 Å². The van der Waals surface area contributed by atoms with Gasteiger partial charge in [-0.25, -0.2) is 0 Å². The molecule has 2 rings (SSSR count). The van der Waals surface area contributed by atoms with Crippen molar-refractivity contribution in [2.24, 2.45) is 0 Å². The number of methoxy groups -OCH3 is 4. The van der Waals surface area contributed by atoms with Crippen LogP contribution in [0.25, 0.3) is 0 Å². The molecular formula is C23H28Cl2N2O6. The van der Waals surface area contributed by atoms with Crippen molar-refractivity contribution in [3.8, 4) is 23.0 Å². The molecule has 0 heterocycles. The summed E-state index contributed by atoms with van der Waals surface area (Å²) >= 11 is 12.4. The third-order valence-corrected chi connectivity index (χ3v) is 5.43. The Bertz CT molecular complexity index is 999. The zero-order valence-electron chi connectivity index (χ0n) is 19.2. The highest BCUT2D eigenvalue weighted by Gasteiger charge is 2.20. The Morgan fingerprint density at radius 1 is 0.818 bits per heavy atom. The Labute approximate surface area is 203 Å². The fraction of sp³-hybridized carbons (Fsp3) is 0.391. The molecule has 2 aromatic rings. The van der Waals surface area contributed by atoms with Gasteiger partial charge in [0.1, 0.15) is 0 Å². The average Bonchev–Trinajstić information content (AvgIpc) is 2.80. The van der Waals surface area contributed by atoms with E-state index in [2.05, 4.69) is 10.6 Å². The van der Waals surface area contributed by atoms with Crippen molar-refractivity contribution in [1.82, 2.24) is 10.6 Å². The molecule has 0 radical (unpaired) electrons. The van der Waals surface area contributed by atoms with E-state index in [4.69, 9.17) is 42.1 Å². The summed E-state index contributed by atoms with van der Waals surface area (Å²) < 4.78 is 20.9. The van der Waals surface area contributed by atoms with Crippen LogP contribution in [0.5, 0.6) is 23.0 Å². The van der Waals surface area contributed by atoms with Crippen molar-refractivity contribution >= 4 is 35.0 Å². The van der Waals surface area contributed by atoms with Crippen LogP contribution in [-0.2, 0) is 0 Å². The SMILES string of the molecule is CCCC(CNC(=O)c1cc(Cl)c(OC)c(OC)c1)NC(=O)c1cc(Cl)c(OC)c(OC)c1. The summed E-state index contributed by atoms with van der Waals surface area (Å²) in [6.45, 7) is 2.20. The zero-order valence-corrected chi connectivity index (χ0v) is 20.7. The molecule has 0 aliphatic heterocycles. The summed E-state index contributed by atoms with van der Waals surface area (Å²) in [5.74, 6) is 0.684. The Morgan fingerprint density at radius 3 is 1.73 bits per heavy atom. The smallest absolute Gasteiger partial charge is 0.251 e. The molecule has 0 bridgehead atoms. The molecule has 2 amide bonds. The lowest BCUT2D eigenvalue weighted by molar-refractivity contribution is 0.0906. The Hall–Kier alpha value is -2.84. The summed E-state index contributed by atoms with van der Waals surface area (Å²) in [7, 11) is 5.86. The molecule has 1 atom stereocenters. The first kappa shape index (κ1) is 26.4. The van der Waals surface area contributed by atoms with Gasteiger partial charge in [-0.2, -0.15) is 0 Å². The number of hydrogen-bond acceptors (Lipinski definition) is 6. The van der Waals surface area contributed by atoms with Crippen molar-refractivity contribution < 1.29 is 28.5 Å². The van der Waals surface area contributed by atoms with Gasteiger partial charge in [-0.1, -0.05) is 36.5 Å². The van der Waals surface area contributed by atoms with Crippen LogP contribution in [0.3, 0.4) is 0 Å². The first-order chi connectivity index (χ1) is 15.8. The molecule has 0 aromatic heterocycles. The first-order valence-corrected chi connectivity index (χ1v) is 11.0. The summed E-state index contributed by atoms with van der Waals surface area (Å²) in [5.41, 5.74) is 0.627. The van der Waals surface area contributed by atoms with Crippen LogP contribution in [-0.4, -0.2) is 52.8 Å². The number of nitrogens with one attached hydrogen (secondary N) is 2. The zero-order chi connectivity index (χ0) is 24.5. The predicted octanol–water partition coefficient (Wildman–Crippen LogP) is 4.36. The molecule has 0 saturated heterocycles. The van der Waals surface area contributed by atoms with Crippen LogP contribution in [0.2, 0.25) is 10.0 Å². The maximum absolute atomic E-state index is 12.8. The van der Waals surface area contributed by atoms with Crippen LogP contribution in [0.1, 0.15) is 40.5 Å². The van der Waals surface area contributed by atoms with Gasteiger partial charge in [-0.15, -0.1) is 0 Å². The fourth-order valence-electron chi connectivity index (χ4n) is 3.26. The first-order valence-electron chi connectivity index (χ1n) is 10.2. The van der Waals surface area contributed by atoms with E-state index in [0.717, 1.165) is 6.42 Å². The summed E-state index contributed by atoms with van der Waals surface area (Å²) in [6, 6.07) is 5.78. The second kappa shape index (κ2) is 12.4. The maximum Gasteiger partial charge on any atom is 0.251 e. The number of amides is 2. The van der Waals surface area contributed by atoms with Crippen LogP contribution in [0.15, 0.2) is 24.3 Å². The fourth-order valence-corrected chi connectivity index (χ4v) is 3.83. The Balaban J connectivity index is 2.12. The second-order valence-corrected chi connectivity index (χ2v) is 7.87. The number of ether oxygens (including phenoxy) is 4. The highest BCUT2D eigenvalue weighted by Crippen LogP contribution is 2.37. The highest BCUT2D eigenvalue weighted by molar-refractivity contribution is 6.33. The van der Waals surface area contributed by atoms with Crippen LogP contribution in [0.4, 0.5) is 0 Å². The number of halogens is 2. The van der Waals surface area contributed by atoms with E-state index in [-0.39, 0.29) is 34.4 Å². The summed E-state index contributed by atoms with van der Waals surface area (Å²) in [6.07, 6.45) is 1.45. The molecule has 0 saturated carbocycles.